The molecule has 0 heterocycles. The maximum Gasteiger partial charge on any atom is 0.331 e. The molecule has 17 heavy (non-hydrogen) atoms. The highest BCUT2D eigenvalue weighted by atomic mass is 16.4. The maximum atomic E-state index is 11.1. The highest BCUT2D eigenvalue weighted by Gasteiger charge is 2.11. The van der Waals surface area contributed by atoms with Crippen molar-refractivity contribution < 1.29 is 9.90 Å². The molecule has 2 nitrogen and oxygen atoms in total. The van der Waals surface area contributed by atoms with Crippen molar-refractivity contribution in [1.29, 1.82) is 0 Å². The molecule has 0 saturated heterocycles. The lowest BCUT2D eigenvalue weighted by Crippen LogP contribution is -2.06. The number of rotatable bonds is 4. The molecule has 2 heteroatoms. The zero-order valence-electron chi connectivity index (χ0n) is 10.9. The van der Waals surface area contributed by atoms with Crippen LogP contribution in [0.1, 0.15) is 44.7 Å². The molecule has 1 rings (SSSR count). The number of hydrogen-bond donors (Lipinski definition) is 1. The van der Waals surface area contributed by atoms with E-state index in [1.54, 1.807) is 6.08 Å². The van der Waals surface area contributed by atoms with Crippen LogP contribution in [0.15, 0.2) is 29.8 Å². The van der Waals surface area contributed by atoms with Gasteiger partial charge in [-0.05, 0) is 29.0 Å². The summed E-state index contributed by atoms with van der Waals surface area (Å²) in [5.74, 6) is -0.317. The predicted molar refractivity (Wildman–Crippen MR) is 71.0 cm³/mol. The van der Waals surface area contributed by atoms with Gasteiger partial charge < -0.3 is 5.11 Å². The van der Waals surface area contributed by atoms with Crippen LogP contribution in [0.25, 0.3) is 6.08 Å². The van der Waals surface area contributed by atoms with E-state index in [9.17, 15) is 4.79 Å². The number of carboxylic acid groups (broad SMARTS) is 1. The Morgan fingerprint density at radius 2 is 1.65 bits per heavy atom. The third kappa shape index (κ3) is 3.74. The predicted octanol–water partition coefficient (Wildman–Crippen LogP) is 3.93. The van der Waals surface area contributed by atoms with Gasteiger partial charge in [-0.1, -0.05) is 52.0 Å². The Kier molecular flexibility index (Phi) is 4.50. The molecule has 0 saturated carbocycles. The summed E-state index contributed by atoms with van der Waals surface area (Å²) in [6.45, 7) is 8.06. The summed E-state index contributed by atoms with van der Waals surface area (Å²) in [6.07, 6.45) is 1.75. The monoisotopic (exact) mass is 232 g/mol. The van der Waals surface area contributed by atoms with Gasteiger partial charge in [0, 0.05) is 5.57 Å². The zero-order valence-corrected chi connectivity index (χ0v) is 10.9. The SMILES string of the molecule is CC(C)/C(=C\c1ccc(C(C)C)cc1)C(=O)O. The molecule has 1 N–H and O–H groups in total. The Hall–Kier alpha value is -1.57. The number of aliphatic carboxylic acids is 1. The summed E-state index contributed by atoms with van der Waals surface area (Å²) < 4.78 is 0. The van der Waals surface area contributed by atoms with Crippen molar-refractivity contribution in [3.63, 3.8) is 0 Å². The average molecular weight is 232 g/mol. The Bertz CT molecular complexity index is 411. The first kappa shape index (κ1) is 13.5. The third-order valence-corrected chi connectivity index (χ3v) is 2.79. The van der Waals surface area contributed by atoms with Gasteiger partial charge in [-0.15, -0.1) is 0 Å². The zero-order chi connectivity index (χ0) is 13.0. The second-order valence-corrected chi connectivity index (χ2v) is 4.88. The van der Waals surface area contributed by atoms with Gasteiger partial charge in [0.05, 0.1) is 0 Å². The molecule has 0 fully saturated rings. The van der Waals surface area contributed by atoms with Crippen molar-refractivity contribution in [2.45, 2.75) is 33.6 Å². The van der Waals surface area contributed by atoms with Gasteiger partial charge in [-0.2, -0.15) is 0 Å². The lowest BCUT2D eigenvalue weighted by atomic mass is 9.98. The number of carboxylic acids is 1. The summed E-state index contributed by atoms with van der Waals surface area (Å²) in [4.78, 5) is 11.1. The fourth-order valence-electron chi connectivity index (χ4n) is 1.63. The first-order chi connectivity index (χ1) is 7.91. The van der Waals surface area contributed by atoms with Crippen molar-refractivity contribution in [1.82, 2.24) is 0 Å². The second kappa shape index (κ2) is 5.67. The minimum absolute atomic E-state index is 0.0253. The van der Waals surface area contributed by atoms with Gasteiger partial charge in [0.2, 0.25) is 0 Å². The molecule has 0 radical (unpaired) electrons. The van der Waals surface area contributed by atoms with E-state index in [2.05, 4.69) is 26.0 Å². The summed E-state index contributed by atoms with van der Waals surface area (Å²) >= 11 is 0. The summed E-state index contributed by atoms with van der Waals surface area (Å²) in [7, 11) is 0. The molecule has 0 aliphatic carbocycles. The van der Waals surface area contributed by atoms with Gasteiger partial charge in [0.1, 0.15) is 0 Å². The highest BCUT2D eigenvalue weighted by molar-refractivity contribution is 5.92. The highest BCUT2D eigenvalue weighted by Crippen LogP contribution is 2.18. The van der Waals surface area contributed by atoms with E-state index in [0.29, 0.717) is 11.5 Å². The van der Waals surface area contributed by atoms with E-state index in [1.165, 1.54) is 5.56 Å². The van der Waals surface area contributed by atoms with Crippen LogP contribution in [0.5, 0.6) is 0 Å². The molecule has 0 aliphatic heterocycles. The smallest absolute Gasteiger partial charge is 0.331 e. The topological polar surface area (TPSA) is 37.3 Å². The van der Waals surface area contributed by atoms with Gasteiger partial charge >= 0.3 is 5.97 Å². The molecule has 0 bridgehead atoms. The van der Waals surface area contributed by atoms with Gasteiger partial charge in [-0.3, -0.25) is 0 Å². The molecule has 0 unspecified atom stereocenters. The van der Waals surface area contributed by atoms with Crippen LogP contribution >= 0.6 is 0 Å². The largest absolute Gasteiger partial charge is 0.478 e. The Morgan fingerprint density at radius 1 is 1.12 bits per heavy atom. The van der Waals surface area contributed by atoms with Crippen LogP contribution in [0.3, 0.4) is 0 Å². The molecular weight excluding hydrogens is 212 g/mol. The van der Waals surface area contributed by atoms with Crippen molar-refractivity contribution >= 4 is 12.0 Å². The summed E-state index contributed by atoms with van der Waals surface area (Å²) in [5, 5.41) is 9.08. The van der Waals surface area contributed by atoms with Crippen molar-refractivity contribution in [3.05, 3.63) is 41.0 Å². The standard InChI is InChI=1S/C15H20O2/c1-10(2)13-7-5-12(6-8-13)9-14(11(3)4)15(16)17/h5-11H,1-4H3,(H,16,17)/b14-9+. The average Bonchev–Trinajstić information content (AvgIpc) is 2.25. The van der Waals surface area contributed by atoms with E-state index in [4.69, 9.17) is 5.11 Å². The molecule has 92 valence electrons. The van der Waals surface area contributed by atoms with Crippen LogP contribution in [-0.2, 0) is 4.79 Å². The molecular formula is C15H20O2. The number of carbonyl (C=O) groups is 1. The first-order valence-corrected chi connectivity index (χ1v) is 5.96. The molecule has 0 amide bonds. The van der Waals surface area contributed by atoms with Crippen LogP contribution in [0.4, 0.5) is 0 Å². The van der Waals surface area contributed by atoms with Crippen LogP contribution in [0.2, 0.25) is 0 Å². The third-order valence-electron chi connectivity index (χ3n) is 2.79. The van der Waals surface area contributed by atoms with Crippen molar-refractivity contribution in [2.24, 2.45) is 5.92 Å². The van der Waals surface area contributed by atoms with Crippen LogP contribution in [-0.4, -0.2) is 11.1 Å². The molecule has 0 aliphatic rings. The minimum atomic E-state index is -0.840. The van der Waals surface area contributed by atoms with Crippen LogP contribution in [0, 0.1) is 5.92 Å². The Morgan fingerprint density at radius 3 is 2.00 bits per heavy atom. The van der Waals surface area contributed by atoms with Gasteiger partial charge in [0.25, 0.3) is 0 Å². The lowest BCUT2D eigenvalue weighted by molar-refractivity contribution is -0.133. The normalized spacial score (nSPS) is 12.2. The summed E-state index contributed by atoms with van der Waals surface area (Å²) in [5.41, 5.74) is 2.66. The Labute approximate surface area is 103 Å². The Balaban J connectivity index is 3.01. The first-order valence-electron chi connectivity index (χ1n) is 5.96. The van der Waals surface area contributed by atoms with E-state index >= 15 is 0 Å². The minimum Gasteiger partial charge on any atom is -0.478 e. The molecule has 1 aromatic carbocycles. The fraction of sp³-hybridized carbons (Fsp3) is 0.400. The molecule has 0 aromatic heterocycles. The van der Waals surface area contributed by atoms with E-state index in [-0.39, 0.29) is 5.92 Å². The van der Waals surface area contributed by atoms with E-state index in [0.717, 1.165) is 5.56 Å². The quantitative estimate of drug-likeness (QED) is 0.798. The summed E-state index contributed by atoms with van der Waals surface area (Å²) in [6, 6.07) is 8.05. The van der Waals surface area contributed by atoms with Gasteiger partial charge in [-0.25, -0.2) is 4.79 Å². The number of benzene rings is 1. The van der Waals surface area contributed by atoms with Gasteiger partial charge in [0.15, 0.2) is 0 Å². The lowest BCUT2D eigenvalue weighted by Gasteiger charge is -2.08. The maximum absolute atomic E-state index is 11.1. The molecule has 0 atom stereocenters. The van der Waals surface area contributed by atoms with Crippen molar-refractivity contribution in [2.75, 3.05) is 0 Å². The molecule has 1 aromatic rings. The van der Waals surface area contributed by atoms with Crippen LogP contribution < -0.4 is 0 Å². The number of hydrogen-bond acceptors (Lipinski definition) is 1. The second-order valence-electron chi connectivity index (χ2n) is 4.88. The van der Waals surface area contributed by atoms with Crippen molar-refractivity contribution in [3.8, 4) is 0 Å². The molecule has 0 spiro atoms. The van der Waals surface area contributed by atoms with E-state index in [1.807, 2.05) is 26.0 Å². The van der Waals surface area contributed by atoms with E-state index < -0.39 is 5.97 Å². The fourth-order valence-corrected chi connectivity index (χ4v) is 1.63.